The maximum absolute atomic E-state index is 12.3. The van der Waals surface area contributed by atoms with Crippen LogP contribution in [0.4, 0.5) is 23.0 Å². The first-order chi connectivity index (χ1) is 19.6. The number of ether oxygens (including phenoxy) is 1. The van der Waals surface area contributed by atoms with Crippen LogP contribution < -0.4 is 19.3 Å². The first kappa shape index (κ1) is 28.7. The number of nitrogens with one attached hydrogen (secondary N) is 1. The predicted molar refractivity (Wildman–Crippen MR) is 163 cm³/mol. The third kappa shape index (κ3) is 6.39. The van der Waals surface area contributed by atoms with Gasteiger partial charge in [0.15, 0.2) is 0 Å². The van der Waals surface area contributed by atoms with Crippen molar-refractivity contribution in [2.24, 2.45) is 0 Å². The van der Waals surface area contributed by atoms with Crippen molar-refractivity contribution in [3.63, 3.8) is 0 Å². The fraction of sp³-hybridized carbons (Fsp3) is 0.379. The standard InChI is InChI=1S/C29H37N7O4S/c1-21(37)20-34-14-7-15-35(17-16-34)22-10-12-25(28(18-22)40-3)31-29-30-19-23-11-13-27(36(23)32-29)24-8-5-6-9-26(24)33(2)41(4,38)39/h5-6,8-13,18-19,21,37H,7,14-17,20H2,1-4H3,(H,31,32). The van der Waals surface area contributed by atoms with Crippen LogP contribution in [0.3, 0.4) is 0 Å². The zero-order chi connectivity index (χ0) is 29.1. The summed E-state index contributed by atoms with van der Waals surface area (Å²) in [4.78, 5) is 9.14. The lowest BCUT2D eigenvalue weighted by Crippen LogP contribution is -2.35. The molecule has 1 aliphatic heterocycles. The van der Waals surface area contributed by atoms with Crippen molar-refractivity contribution in [2.45, 2.75) is 19.4 Å². The van der Waals surface area contributed by atoms with Crippen molar-refractivity contribution in [1.82, 2.24) is 19.5 Å². The van der Waals surface area contributed by atoms with Gasteiger partial charge in [0, 0.05) is 50.5 Å². The first-order valence-electron chi connectivity index (χ1n) is 13.6. The van der Waals surface area contributed by atoms with Crippen molar-refractivity contribution in [2.75, 3.05) is 67.7 Å². The molecule has 0 spiro atoms. The molecule has 3 heterocycles. The summed E-state index contributed by atoms with van der Waals surface area (Å²) in [6.07, 6.45) is 3.59. The first-order valence-corrected chi connectivity index (χ1v) is 15.5. The molecular weight excluding hydrogens is 542 g/mol. The summed E-state index contributed by atoms with van der Waals surface area (Å²) in [6.45, 7) is 6.17. The summed E-state index contributed by atoms with van der Waals surface area (Å²) in [7, 11) is -0.272. The second-order valence-electron chi connectivity index (χ2n) is 10.4. The van der Waals surface area contributed by atoms with E-state index in [2.05, 4.69) is 26.2 Å². The van der Waals surface area contributed by atoms with E-state index < -0.39 is 10.0 Å². The number of nitrogens with zero attached hydrogens (tertiary/aromatic N) is 6. The molecule has 0 bridgehead atoms. The Bertz CT molecular complexity index is 1620. The van der Waals surface area contributed by atoms with Crippen LogP contribution in [-0.4, -0.2) is 92.3 Å². The summed E-state index contributed by atoms with van der Waals surface area (Å²) >= 11 is 0. The van der Waals surface area contributed by atoms with Gasteiger partial charge in [-0.05, 0) is 50.2 Å². The molecular formula is C29H37N7O4S. The van der Waals surface area contributed by atoms with E-state index in [9.17, 15) is 13.5 Å². The summed E-state index contributed by atoms with van der Waals surface area (Å²) < 4.78 is 33.3. The van der Waals surface area contributed by atoms with Gasteiger partial charge in [0.2, 0.25) is 16.0 Å². The average molecular weight is 580 g/mol. The molecule has 2 N–H and O–H groups in total. The number of aromatic nitrogens is 3. The van der Waals surface area contributed by atoms with E-state index in [1.54, 1.807) is 30.9 Å². The molecule has 4 aromatic rings. The molecule has 0 saturated carbocycles. The quantitative estimate of drug-likeness (QED) is 0.308. The normalized spacial score (nSPS) is 15.5. The largest absolute Gasteiger partial charge is 0.494 e. The molecule has 2 aromatic carbocycles. The Morgan fingerprint density at radius 1 is 1.10 bits per heavy atom. The predicted octanol–water partition coefficient (Wildman–Crippen LogP) is 3.44. The van der Waals surface area contributed by atoms with Gasteiger partial charge in [-0.25, -0.2) is 17.9 Å². The lowest BCUT2D eigenvalue weighted by atomic mass is 10.1. The monoisotopic (exact) mass is 579 g/mol. The van der Waals surface area contributed by atoms with E-state index in [1.807, 2.05) is 49.4 Å². The van der Waals surface area contributed by atoms with Gasteiger partial charge in [-0.1, -0.05) is 18.2 Å². The number of aliphatic hydroxyl groups excluding tert-OH is 1. The number of anilines is 4. The molecule has 1 unspecified atom stereocenters. The molecule has 0 amide bonds. The molecule has 1 aliphatic rings. The molecule has 1 saturated heterocycles. The number of fused-ring (bicyclic) bond motifs is 1. The zero-order valence-electron chi connectivity index (χ0n) is 23.9. The van der Waals surface area contributed by atoms with Crippen LogP contribution in [0.15, 0.2) is 60.8 Å². The fourth-order valence-corrected chi connectivity index (χ4v) is 5.71. The van der Waals surface area contributed by atoms with Crippen LogP contribution in [-0.2, 0) is 10.0 Å². The minimum Gasteiger partial charge on any atom is -0.494 e. The van der Waals surface area contributed by atoms with Crippen LogP contribution in [0.2, 0.25) is 0 Å². The number of para-hydroxylation sites is 1. The Hall–Kier alpha value is -3.87. The Morgan fingerprint density at radius 2 is 1.90 bits per heavy atom. The lowest BCUT2D eigenvalue weighted by Gasteiger charge is -2.25. The van der Waals surface area contributed by atoms with Gasteiger partial charge in [-0.2, -0.15) is 0 Å². The van der Waals surface area contributed by atoms with E-state index in [0.717, 1.165) is 60.7 Å². The number of rotatable bonds is 9. The second kappa shape index (κ2) is 11.9. The van der Waals surface area contributed by atoms with E-state index >= 15 is 0 Å². The molecule has 1 atom stereocenters. The van der Waals surface area contributed by atoms with E-state index in [0.29, 0.717) is 23.9 Å². The van der Waals surface area contributed by atoms with Crippen LogP contribution in [0.5, 0.6) is 5.75 Å². The number of sulfonamides is 1. The van der Waals surface area contributed by atoms with Gasteiger partial charge >= 0.3 is 0 Å². The van der Waals surface area contributed by atoms with Gasteiger partial charge in [-0.3, -0.25) is 9.21 Å². The number of β-amino-alcohol motifs (C(OH)–C–C–N with tert-alkyl or cyclic N) is 1. The SMILES string of the molecule is COc1cc(N2CCCN(CC(C)O)CC2)ccc1Nc1ncc2ccc(-c3ccccc3N(C)S(C)(=O)=O)n2n1. The summed E-state index contributed by atoms with van der Waals surface area (Å²) in [6, 6.07) is 17.2. The van der Waals surface area contributed by atoms with Crippen molar-refractivity contribution in [3.05, 3.63) is 60.8 Å². The Balaban J connectivity index is 1.40. The molecule has 41 heavy (non-hydrogen) atoms. The summed E-state index contributed by atoms with van der Waals surface area (Å²) in [5.41, 5.74) is 4.61. The van der Waals surface area contributed by atoms with Crippen molar-refractivity contribution >= 4 is 38.6 Å². The van der Waals surface area contributed by atoms with Crippen LogP contribution >= 0.6 is 0 Å². The van der Waals surface area contributed by atoms with Crippen LogP contribution in [0.1, 0.15) is 13.3 Å². The molecule has 0 aliphatic carbocycles. The molecule has 0 radical (unpaired) electrons. The number of benzene rings is 2. The minimum absolute atomic E-state index is 0.334. The van der Waals surface area contributed by atoms with Crippen LogP contribution in [0, 0.1) is 0 Å². The molecule has 218 valence electrons. The molecule has 1 fully saturated rings. The van der Waals surface area contributed by atoms with Gasteiger partial charge in [-0.15, -0.1) is 5.10 Å². The number of hydrogen-bond acceptors (Lipinski definition) is 9. The van der Waals surface area contributed by atoms with Crippen molar-refractivity contribution < 1.29 is 18.3 Å². The van der Waals surface area contributed by atoms with Gasteiger partial charge in [0.1, 0.15) is 5.75 Å². The molecule has 2 aromatic heterocycles. The van der Waals surface area contributed by atoms with Crippen molar-refractivity contribution in [3.8, 4) is 17.0 Å². The number of aliphatic hydroxyl groups is 1. The average Bonchev–Trinajstić information content (AvgIpc) is 3.22. The Labute approximate surface area is 241 Å². The van der Waals surface area contributed by atoms with Gasteiger partial charge in [0.05, 0.1) is 48.3 Å². The number of methoxy groups -OCH3 is 1. The van der Waals surface area contributed by atoms with Crippen molar-refractivity contribution in [1.29, 1.82) is 0 Å². The van der Waals surface area contributed by atoms with E-state index in [1.165, 1.54) is 10.6 Å². The Morgan fingerprint density at radius 3 is 2.66 bits per heavy atom. The molecule has 11 nitrogen and oxygen atoms in total. The van der Waals surface area contributed by atoms with E-state index in [-0.39, 0.29) is 6.10 Å². The van der Waals surface area contributed by atoms with E-state index in [4.69, 9.17) is 9.84 Å². The van der Waals surface area contributed by atoms with Gasteiger partial charge < -0.3 is 20.1 Å². The molecule has 12 heteroatoms. The maximum Gasteiger partial charge on any atom is 0.245 e. The smallest absolute Gasteiger partial charge is 0.245 e. The summed E-state index contributed by atoms with van der Waals surface area (Å²) in [5.74, 6) is 1.04. The lowest BCUT2D eigenvalue weighted by molar-refractivity contribution is 0.131. The highest BCUT2D eigenvalue weighted by molar-refractivity contribution is 7.92. The fourth-order valence-electron chi connectivity index (χ4n) is 5.19. The zero-order valence-corrected chi connectivity index (χ0v) is 24.7. The topological polar surface area (TPSA) is 116 Å². The third-order valence-corrected chi connectivity index (χ3v) is 8.51. The highest BCUT2D eigenvalue weighted by Crippen LogP contribution is 2.34. The maximum atomic E-state index is 12.3. The minimum atomic E-state index is -3.45. The molecule has 5 rings (SSSR count). The van der Waals surface area contributed by atoms with Crippen LogP contribution in [0.25, 0.3) is 16.8 Å². The highest BCUT2D eigenvalue weighted by atomic mass is 32.2. The summed E-state index contributed by atoms with van der Waals surface area (Å²) in [5, 5.41) is 17.8. The number of hydrogen-bond donors (Lipinski definition) is 2. The third-order valence-electron chi connectivity index (χ3n) is 7.32. The Kier molecular flexibility index (Phi) is 8.34. The highest BCUT2D eigenvalue weighted by Gasteiger charge is 2.20. The second-order valence-corrected chi connectivity index (χ2v) is 12.4. The van der Waals surface area contributed by atoms with Gasteiger partial charge in [0.25, 0.3) is 0 Å².